The van der Waals surface area contributed by atoms with Gasteiger partial charge in [0.05, 0.1) is 6.10 Å². The van der Waals surface area contributed by atoms with Crippen LogP contribution in [-0.2, 0) is 4.74 Å². The molecule has 1 heterocycles. The number of likely N-dealkylation sites (tertiary alicyclic amines) is 1. The van der Waals surface area contributed by atoms with E-state index in [1.807, 2.05) is 0 Å². The Morgan fingerprint density at radius 1 is 1.12 bits per heavy atom. The van der Waals surface area contributed by atoms with Gasteiger partial charge < -0.3 is 4.74 Å². The van der Waals surface area contributed by atoms with Crippen LogP contribution in [0.25, 0.3) is 0 Å². The van der Waals surface area contributed by atoms with Crippen LogP contribution in [0.3, 0.4) is 0 Å². The average Bonchev–Trinajstić information content (AvgIpc) is 2.12. The van der Waals surface area contributed by atoms with Gasteiger partial charge in [0.15, 0.2) is 0 Å². The number of nitrogens with zero attached hydrogens (tertiary/aromatic N) is 1. The molecular weight excluding hydrogens is 210 g/mol. The molecule has 0 radical (unpaired) electrons. The predicted octanol–water partition coefficient (Wildman–Crippen LogP) is 3.70. The number of rotatable bonds is 4. The molecule has 1 fully saturated rings. The quantitative estimate of drug-likeness (QED) is 0.744. The van der Waals surface area contributed by atoms with E-state index in [1.54, 1.807) is 0 Å². The van der Waals surface area contributed by atoms with Gasteiger partial charge in [0.2, 0.25) is 0 Å². The lowest BCUT2D eigenvalue weighted by Crippen LogP contribution is -2.60. The van der Waals surface area contributed by atoms with Crippen LogP contribution in [0.5, 0.6) is 0 Å². The summed E-state index contributed by atoms with van der Waals surface area (Å²) in [7, 11) is 2.24. The highest BCUT2D eigenvalue weighted by molar-refractivity contribution is 4.98. The Balaban J connectivity index is 2.53. The summed E-state index contributed by atoms with van der Waals surface area (Å²) < 4.78 is 6.09. The molecule has 0 aromatic heterocycles. The van der Waals surface area contributed by atoms with E-state index in [-0.39, 0.29) is 11.1 Å². The van der Waals surface area contributed by atoms with E-state index >= 15 is 0 Å². The summed E-state index contributed by atoms with van der Waals surface area (Å²) in [5, 5.41) is 0. The third-order valence-electron chi connectivity index (χ3n) is 4.32. The molecule has 2 heteroatoms. The van der Waals surface area contributed by atoms with Crippen LogP contribution < -0.4 is 0 Å². The molecule has 2 nitrogen and oxygen atoms in total. The van der Waals surface area contributed by atoms with E-state index in [9.17, 15) is 0 Å². The summed E-state index contributed by atoms with van der Waals surface area (Å²) >= 11 is 0. The van der Waals surface area contributed by atoms with Crippen LogP contribution in [0.2, 0.25) is 0 Å². The fourth-order valence-electron chi connectivity index (χ4n) is 2.87. The molecule has 0 aromatic rings. The summed E-state index contributed by atoms with van der Waals surface area (Å²) in [6.07, 6.45) is 3.89. The normalized spacial score (nSPS) is 25.4. The number of hydrogen-bond acceptors (Lipinski definition) is 2. The fourth-order valence-corrected chi connectivity index (χ4v) is 2.87. The van der Waals surface area contributed by atoms with E-state index in [1.165, 1.54) is 6.42 Å². The van der Waals surface area contributed by atoms with Gasteiger partial charge in [-0.15, -0.1) is 0 Å². The molecule has 102 valence electrons. The first-order valence-corrected chi connectivity index (χ1v) is 7.01. The van der Waals surface area contributed by atoms with Gasteiger partial charge in [0.25, 0.3) is 0 Å². The van der Waals surface area contributed by atoms with Crippen LogP contribution in [0, 0.1) is 5.92 Å². The maximum atomic E-state index is 6.09. The summed E-state index contributed by atoms with van der Waals surface area (Å²) in [5.41, 5.74) is 0.481. The van der Waals surface area contributed by atoms with E-state index < -0.39 is 0 Å². The van der Waals surface area contributed by atoms with Gasteiger partial charge in [-0.1, -0.05) is 13.8 Å². The van der Waals surface area contributed by atoms with Crippen LogP contribution in [0.1, 0.15) is 60.8 Å². The number of hydrogen-bond donors (Lipinski definition) is 0. The Labute approximate surface area is 108 Å². The molecule has 0 saturated carbocycles. The van der Waals surface area contributed by atoms with E-state index in [2.05, 4.69) is 53.5 Å². The number of ether oxygens (including phenoxy) is 1. The Kier molecular flexibility index (Phi) is 4.65. The predicted molar refractivity (Wildman–Crippen MR) is 74.4 cm³/mol. The average molecular weight is 241 g/mol. The van der Waals surface area contributed by atoms with Crippen molar-refractivity contribution in [2.75, 3.05) is 13.7 Å². The Morgan fingerprint density at radius 3 is 2.00 bits per heavy atom. The van der Waals surface area contributed by atoms with Crippen LogP contribution in [0.4, 0.5) is 0 Å². The standard InChI is InChI=1S/C15H31NO/c1-12(2)8-9-17-13-10-14(3,4)16(7)15(5,6)11-13/h12-13H,8-11H2,1-7H3. The van der Waals surface area contributed by atoms with Crippen molar-refractivity contribution >= 4 is 0 Å². The van der Waals surface area contributed by atoms with Gasteiger partial charge in [-0.2, -0.15) is 0 Å². The van der Waals surface area contributed by atoms with Gasteiger partial charge in [-0.25, -0.2) is 0 Å². The fraction of sp³-hybridized carbons (Fsp3) is 1.00. The lowest BCUT2D eigenvalue weighted by Gasteiger charge is -2.53. The summed E-state index contributed by atoms with van der Waals surface area (Å²) in [6, 6.07) is 0. The van der Waals surface area contributed by atoms with Gasteiger partial charge in [-0.3, -0.25) is 4.90 Å². The molecule has 0 spiro atoms. The molecule has 1 aliphatic heterocycles. The first-order chi connectivity index (χ1) is 7.65. The maximum Gasteiger partial charge on any atom is 0.0610 e. The van der Waals surface area contributed by atoms with E-state index in [4.69, 9.17) is 4.74 Å². The minimum absolute atomic E-state index is 0.240. The zero-order valence-corrected chi connectivity index (χ0v) is 12.8. The lowest BCUT2D eigenvalue weighted by atomic mass is 9.79. The molecule has 0 aromatic carbocycles. The molecule has 0 amide bonds. The number of piperidine rings is 1. The highest BCUT2D eigenvalue weighted by Gasteiger charge is 2.43. The second kappa shape index (κ2) is 5.27. The summed E-state index contributed by atoms with van der Waals surface area (Å²) in [4.78, 5) is 2.50. The molecule has 1 saturated heterocycles. The van der Waals surface area contributed by atoms with Crippen molar-refractivity contribution in [1.82, 2.24) is 4.90 Å². The van der Waals surface area contributed by atoms with Crippen molar-refractivity contribution in [1.29, 1.82) is 0 Å². The van der Waals surface area contributed by atoms with Crippen LogP contribution >= 0.6 is 0 Å². The molecule has 0 unspecified atom stereocenters. The Bertz CT molecular complexity index is 227. The summed E-state index contributed by atoms with van der Waals surface area (Å²) in [5.74, 6) is 0.738. The molecule has 1 aliphatic rings. The Hall–Kier alpha value is -0.0800. The smallest absolute Gasteiger partial charge is 0.0610 e. The lowest BCUT2D eigenvalue weighted by molar-refractivity contribution is -0.0926. The zero-order valence-electron chi connectivity index (χ0n) is 12.8. The van der Waals surface area contributed by atoms with Crippen molar-refractivity contribution in [3.63, 3.8) is 0 Å². The van der Waals surface area contributed by atoms with Crippen molar-refractivity contribution in [3.8, 4) is 0 Å². The molecular formula is C15H31NO. The summed E-state index contributed by atoms with van der Waals surface area (Å²) in [6.45, 7) is 14.7. The van der Waals surface area contributed by atoms with E-state index in [0.717, 1.165) is 25.4 Å². The second-order valence-electron chi connectivity index (χ2n) is 7.27. The molecule has 0 N–H and O–H groups in total. The van der Waals surface area contributed by atoms with Gasteiger partial charge in [0.1, 0.15) is 0 Å². The van der Waals surface area contributed by atoms with Crippen molar-refractivity contribution in [2.24, 2.45) is 5.92 Å². The van der Waals surface area contributed by atoms with Crippen molar-refractivity contribution < 1.29 is 4.74 Å². The molecule has 1 rings (SSSR count). The SMILES string of the molecule is CC(C)CCOC1CC(C)(C)N(C)C(C)(C)C1. The van der Waals surface area contributed by atoms with Gasteiger partial charge in [0, 0.05) is 17.7 Å². The minimum Gasteiger partial charge on any atom is -0.378 e. The largest absolute Gasteiger partial charge is 0.378 e. The van der Waals surface area contributed by atoms with E-state index in [0.29, 0.717) is 6.10 Å². The van der Waals surface area contributed by atoms with Crippen LogP contribution in [-0.4, -0.2) is 35.7 Å². The first-order valence-electron chi connectivity index (χ1n) is 7.01. The molecule has 17 heavy (non-hydrogen) atoms. The topological polar surface area (TPSA) is 12.5 Å². The molecule has 0 bridgehead atoms. The van der Waals surface area contributed by atoms with Gasteiger partial charge in [-0.05, 0) is 59.9 Å². The third-order valence-corrected chi connectivity index (χ3v) is 4.32. The molecule has 0 atom stereocenters. The Morgan fingerprint density at radius 2 is 1.59 bits per heavy atom. The molecule has 0 aliphatic carbocycles. The minimum atomic E-state index is 0.240. The first kappa shape index (κ1) is 15.0. The highest BCUT2D eigenvalue weighted by Crippen LogP contribution is 2.38. The monoisotopic (exact) mass is 241 g/mol. The highest BCUT2D eigenvalue weighted by atomic mass is 16.5. The van der Waals surface area contributed by atoms with Crippen molar-refractivity contribution in [2.45, 2.75) is 78.0 Å². The third kappa shape index (κ3) is 3.96. The zero-order chi connectivity index (χ0) is 13.3. The maximum absolute atomic E-state index is 6.09. The second-order valence-corrected chi connectivity index (χ2v) is 7.27. The van der Waals surface area contributed by atoms with Crippen molar-refractivity contribution in [3.05, 3.63) is 0 Å². The van der Waals surface area contributed by atoms with Crippen LogP contribution in [0.15, 0.2) is 0 Å². The van der Waals surface area contributed by atoms with Gasteiger partial charge >= 0.3 is 0 Å².